The lowest BCUT2D eigenvalue weighted by atomic mass is 10.00. The first-order valence-corrected chi connectivity index (χ1v) is 8.76. The van der Waals surface area contributed by atoms with Crippen molar-refractivity contribution >= 4 is 11.6 Å². The van der Waals surface area contributed by atoms with E-state index in [2.05, 4.69) is 20.2 Å². The van der Waals surface area contributed by atoms with Gasteiger partial charge in [-0.25, -0.2) is 9.97 Å². The van der Waals surface area contributed by atoms with E-state index in [-0.39, 0.29) is 18.1 Å². The fourth-order valence-corrected chi connectivity index (χ4v) is 3.12. The monoisotopic (exact) mass is 340 g/mol. The highest BCUT2D eigenvalue weighted by Gasteiger charge is 2.30. The van der Waals surface area contributed by atoms with Crippen LogP contribution in [0.3, 0.4) is 0 Å². The molecule has 1 aromatic heterocycles. The van der Waals surface area contributed by atoms with Gasteiger partial charge in [0.05, 0.1) is 24.2 Å². The Morgan fingerprint density at radius 3 is 2.48 bits per heavy atom. The van der Waals surface area contributed by atoms with Crippen LogP contribution in [0.25, 0.3) is 0 Å². The average Bonchev–Trinajstić information content (AvgIpc) is 2.65. The maximum atomic E-state index is 13.0. The van der Waals surface area contributed by atoms with Crippen LogP contribution in [0.5, 0.6) is 0 Å². The number of nitrogens with zero attached hydrogens (tertiary/aromatic N) is 3. The number of hydrogen-bond donors (Lipinski definition) is 2. The van der Waals surface area contributed by atoms with Gasteiger partial charge in [-0.1, -0.05) is 37.3 Å². The number of nitrogens with one attached hydrogen (secondary N) is 1. The van der Waals surface area contributed by atoms with Crippen molar-refractivity contribution in [2.45, 2.75) is 38.3 Å². The van der Waals surface area contributed by atoms with Gasteiger partial charge in [0.1, 0.15) is 11.9 Å². The van der Waals surface area contributed by atoms with Gasteiger partial charge in [-0.05, 0) is 18.4 Å². The number of aryl methyl sites for hydroxylation is 1. The molecule has 0 aliphatic carbocycles. The summed E-state index contributed by atoms with van der Waals surface area (Å²) in [4.78, 5) is 23.6. The molecule has 6 heteroatoms. The maximum absolute atomic E-state index is 13.0. The summed E-state index contributed by atoms with van der Waals surface area (Å²) >= 11 is 0. The molecule has 1 aromatic carbocycles. The number of aromatic nitrogens is 2. The molecule has 1 aliphatic heterocycles. The van der Waals surface area contributed by atoms with Crippen LogP contribution in [-0.2, 0) is 11.2 Å². The molecular formula is C19H24N4O2. The first-order chi connectivity index (χ1) is 12.2. The number of likely N-dealkylation sites (tertiary alicyclic amines) is 1. The van der Waals surface area contributed by atoms with Crippen molar-refractivity contribution < 1.29 is 9.90 Å². The molecule has 25 heavy (non-hydrogen) atoms. The number of amides is 1. The van der Waals surface area contributed by atoms with Gasteiger partial charge in [0, 0.05) is 19.5 Å². The number of carbonyl (C=O) groups is 1. The van der Waals surface area contributed by atoms with Crippen molar-refractivity contribution in [2.75, 3.05) is 18.4 Å². The lowest BCUT2D eigenvalue weighted by Gasteiger charge is -2.35. The van der Waals surface area contributed by atoms with Gasteiger partial charge in [0.2, 0.25) is 5.91 Å². The number of rotatable bonds is 5. The van der Waals surface area contributed by atoms with Crippen LogP contribution in [0.1, 0.15) is 37.2 Å². The van der Waals surface area contributed by atoms with Gasteiger partial charge in [-0.2, -0.15) is 0 Å². The molecule has 3 rings (SSSR count). The second kappa shape index (κ2) is 8.18. The van der Waals surface area contributed by atoms with E-state index in [0.29, 0.717) is 31.6 Å². The molecule has 1 fully saturated rings. The minimum absolute atomic E-state index is 0.101. The summed E-state index contributed by atoms with van der Waals surface area (Å²) in [7, 11) is 0. The van der Waals surface area contributed by atoms with Crippen molar-refractivity contribution in [2.24, 2.45) is 0 Å². The van der Waals surface area contributed by atoms with Gasteiger partial charge >= 0.3 is 0 Å². The summed E-state index contributed by atoms with van der Waals surface area (Å²) in [6.07, 6.45) is 5.15. The smallest absolute Gasteiger partial charge is 0.246 e. The lowest BCUT2D eigenvalue weighted by Crippen LogP contribution is -2.43. The third kappa shape index (κ3) is 4.41. The highest BCUT2D eigenvalue weighted by atomic mass is 16.3. The fraction of sp³-hybridized carbons (Fsp3) is 0.421. The molecule has 2 N–H and O–H groups in total. The second-order valence-electron chi connectivity index (χ2n) is 6.31. The van der Waals surface area contributed by atoms with Gasteiger partial charge in [0.25, 0.3) is 0 Å². The number of piperidine rings is 1. The number of aliphatic hydroxyl groups excluding tert-OH is 1. The van der Waals surface area contributed by atoms with E-state index in [1.807, 2.05) is 37.3 Å². The van der Waals surface area contributed by atoms with Gasteiger partial charge in [0.15, 0.2) is 0 Å². The molecule has 0 unspecified atom stereocenters. The van der Waals surface area contributed by atoms with E-state index < -0.39 is 0 Å². The molecule has 0 radical (unpaired) electrons. The summed E-state index contributed by atoms with van der Waals surface area (Å²) in [6, 6.07) is 9.36. The number of anilines is 1. The van der Waals surface area contributed by atoms with E-state index in [1.165, 1.54) is 0 Å². The standard InChI is InChI=1S/C19H24N4O2/c1-2-17-20-12-15(13-21-17)22-19(25)18(14-6-4-3-5-7-14)23-10-8-16(24)9-11-23/h3-7,12-13,16,18,24H,2,8-11H2,1H3,(H,22,25)/t18-/m0/s1. The van der Waals surface area contributed by atoms with Gasteiger partial charge in [-0.3, -0.25) is 9.69 Å². The number of aliphatic hydroxyl groups is 1. The van der Waals surface area contributed by atoms with E-state index in [0.717, 1.165) is 17.8 Å². The minimum atomic E-state index is -0.389. The van der Waals surface area contributed by atoms with Crippen LogP contribution in [0.15, 0.2) is 42.7 Å². The number of hydrogen-bond acceptors (Lipinski definition) is 5. The lowest BCUT2D eigenvalue weighted by molar-refractivity contribution is -0.122. The fourth-order valence-electron chi connectivity index (χ4n) is 3.12. The highest BCUT2D eigenvalue weighted by molar-refractivity contribution is 5.95. The van der Waals surface area contributed by atoms with Crippen LogP contribution in [0.4, 0.5) is 5.69 Å². The third-order valence-corrected chi connectivity index (χ3v) is 4.52. The largest absolute Gasteiger partial charge is 0.393 e. The highest BCUT2D eigenvalue weighted by Crippen LogP contribution is 2.26. The third-order valence-electron chi connectivity index (χ3n) is 4.52. The maximum Gasteiger partial charge on any atom is 0.246 e. The quantitative estimate of drug-likeness (QED) is 0.872. The second-order valence-corrected chi connectivity index (χ2v) is 6.31. The number of benzene rings is 1. The molecule has 1 amide bonds. The van der Waals surface area contributed by atoms with Crippen molar-refractivity contribution in [1.29, 1.82) is 0 Å². The van der Waals surface area contributed by atoms with Gasteiger partial charge in [-0.15, -0.1) is 0 Å². The Bertz CT molecular complexity index is 682. The predicted octanol–water partition coefficient (Wildman–Crippen LogP) is 2.18. The first kappa shape index (κ1) is 17.5. The molecule has 1 aliphatic rings. The molecule has 1 saturated heterocycles. The molecule has 2 heterocycles. The zero-order valence-corrected chi connectivity index (χ0v) is 14.4. The van der Waals surface area contributed by atoms with Crippen molar-refractivity contribution in [3.05, 3.63) is 54.1 Å². The molecule has 0 spiro atoms. The Kier molecular flexibility index (Phi) is 5.73. The van der Waals surface area contributed by atoms with E-state index in [1.54, 1.807) is 12.4 Å². The molecule has 132 valence electrons. The molecule has 2 aromatic rings. The molecule has 0 saturated carbocycles. The topological polar surface area (TPSA) is 78.4 Å². The normalized spacial score (nSPS) is 17.2. The molecule has 1 atom stereocenters. The Hall–Kier alpha value is -2.31. The van der Waals surface area contributed by atoms with Crippen molar-refractivity contribution in [1.82, 2.24) is 14.9 Å². The minimum Gasteiger partial charge on any atom is -0.393 e. The van der Waals surface area contributed by atoms with Crippen LogP contribution in [0.2, 0.25) is 0 Å². The summed E-state index contributed by atoms with van der Waals surface area (Å²) in [6.45, 7) is 3.38. The Balaban J connectivity index is 1.79. The van der Waals surface area contributed by atoms with E-state index >= 15 is 0 Å². The summed E-state index contributed by atoms with van der Waals surface area (Å²) in [5, 5.41) is 12.7. The van der Waals surface area contributed by atoms with E-state index in [9.17, 15) is 9.90 Å². The number of carbonyl (C=O) groups excluding carboxylic acids is 1. The molecule has 0 bridgehead atoms. The van der Waals surface area contributed by atoms with Crippen LogP contribution >= 0.6 is 0 Å². The molecule has 6 nitrogen and oxygen atoms in total. The summed E-state index contributed by atoms with van der Waals surface area (Å²) in [5.41, 5.74) is 1.54. The Morgan fingerprint density at radius 1 is 1.24 bits per heavy atom. The zero-order chi connectivity index (χ0) is 17.6. The zero-order valence-electron chi connectivity index (χ0n) is 14.4. The Morgan fingerprint density at radius 2 is 1.88 bits per heavy atom. The van der Waals surface area contributed by atoms with Crippen LogP contribution in [-0.4, -0.2) is 45.1 Å². The summed E-state index contributed by atoms with van der Waals surface area (Å²) in [5.74, 6) is 0.651. The summed E-state index contributed by atoms with van der Waals surface area (Å²) < 4.78 is 0. The van der Waals surface area contributed by atoms with Gasteiger partial charge < -0.3 is 10.4 Å². The first-order valence-electron chi connectivity index (χ1n) is 8.76. The Labute approximate surface area is 147 Å². The predicted molar refractivity (Wildman–Crippen MR) is 96.0 cm³/mol. The van der Waals surface area contributed by atoms with Crippen LogP contribution < -0.4 is 5.32 Å². The molecular weight excluding hydrogens is 316 g/mol. The van der Waals surface area contributed by atoms with Crippen LogP contribution in [0, 0.1) is 0 Å². The SMILES string of the molecule is CCc1ncc(NC(=O)[C@H](c2ccccc2)N2CCC(O)CC2)cn1. The van der Waals surface area contributed by atoms with E-state index in [4.69, 9.17) is 0 Å². The average molecular weight is 340 g/mol. The van der Waals surface area contributed by atoms with Crippen molar-refractivity contribution in [3.8, 4) is 0 Å². The van der Waals surface area contributed by atoms with Crippen molar-refractivity contribution in [3.63, 3.8) is 0 Å².